The van der Waals surface area contributed by atoms with E-state index in [-0.39, 0.29) is 5.41 Å². The maximum absolute atomic E-state index is 10.9. The molecule has 3 nitrogen and oxygen atoms in total. The van der Waals surface area contributed by atoms with Crippen molar-refractivity contribution in [1.29, 1.82) is 0 Å². The molecule has 0 aliphatic rings. The van der Waals surface area contributed by atoms with Crippen molar-refractivity contribution < 1.29 is 12.6 Å². The van der Waals surface area contributed by atoms with Gasteiger partial charge in [-0.1, -0.05) is 33.6 Å². The average Bonchev–Trinajstić information content (AvgIpc) is 2.01. The molecule has 0 atom stereocenters. The summed E-state index contributed by atoms with van der Waals surface area (Å²) in [6.45, 7) is 6.61. The Labute approximate surface area is 88.0 Å². The van der Waals surface area contributed by atoms with E-state index >= 15 is 0 Å². The van der Waals surface area contributed by atoms with Crippen LogP contribution in [-0.2, 0) is 14.3 Å². The van der Waals surface area contributed by atoms with Gasteiger partial charge >= 0.3 is 0 Å². The molecular weight excluding hydrogens is 200 g/mol. The minimum absolute atomic E-state index is 0.00653. The number of hydrogen-bond acceptors (Lipinski definition) is 3. The van der Waals surface area contributed by atoms with E-state index in [9.17, 15) is 8.42 Å². The molecule has 0 bridgehead atoms. The Morgan fingerprint density at radius 3 is 1.86 bits per heavy atom. The zero-order valence-electron chi connectivity index (χ0n) is 9.67. The van der Waals surface area contributed by atoms with E-state index in [0.717, 1.165) is 31.9 Å². The summed E-state index contributed by atoms with van der Waals surface area (Å²) in [5.74, 6) is 0. The Morgan fingerprint density at radius 1 is 1.14 bits per heavy atom. The van der Waals surface area contributed by atoms with Crippen LogP contribution in [0.5, 0.6) is 0 Å². The lowest BCUT2D eigenvalue weighted by molar-refractivity contribution is 0.144. The minimum atomic E-state index is -3.29. The van der Waals surface area contributed by atoms with Crippen molar-refractivity contribution in [2.75, 3.05) is 12.9 Å². The Hall–Kier alpha value is -0.0900. The van der Waals surface area contributed by atoms with E-state index < -0.39 is 10.1 Å². The fraction of sp³-hybridized carbons (Fsp3) is 1.00. The molecule has 14 heavy (non-hydrogen) atoms. The molecule has 0 spiro atoms. The summed E-state index contributed by atoms with van der Waals surface area (Å²) in [6, 6.07) is 0. The molecule has 0 aromatic rings. The second-order valence-electron chi connectivity index (χ2n) is 4.28. The maximum atomic E-state index is 10.9. The topological polar surface area (TPSA) is 43.4 Å². The third-order valence-electron chi connectivity index (χ3n) is 2.33. The first-order valence-electron chi connectivity index (χ1n) is 5.17. The highest BCUT2D eigenvalue weighted by atomic mass is 32.2. The quantitative estimate of drug-likeness (QED) is 0.622. The molecule has 0 heterocycles. The Bertz CT molecular complexity index is 238. The normalized spacial score (nSPS) is 13.1. The van der Waals surface area contributed by atoms with Gasteiger partial charge < -0.3 is 0 Å². The van der Waals surface area contributed by atoms with Gasteiger partial charge in [-0.25, -0.2) is 0 Å². The zero-order valence-corrected chi connectivity index (χ0v) is 10.5. The largest absolute Gasteiger partial charge is 0.270 e. The van der Waals surface area contributed by atoms with Crippen LogP contribution in [0, 0.1) is 5.41 Å². The number of rotatable bonds is 7. The van der Waals surface area contributed by atoms with Gasteiger partial charge in [-0.05, 0) is 18.3 Å². The van der Waals surface area contributed by atoms with E-state index in [2.05, 4.69) is 20.8 Å². The van der Waals surface area contributed by atoms with Crippen molar-refractivity contribution in [2.45, 2.75) is 46.5 Å². The average molecular weight is 222 g/mol. The van der Waals surface area contributed by atoms with E-state index in [1.54, 1.807) is 0 Å². The molecule has 0 aliphatic heterocycles. The van der Waals surface area contributed by atoms with Gasteiger partial charge in [-0.2, -0.15) is 8.42 Å². The van der Waals surface area contributed by atoms with E-state index in [1.807, 2.05) is 0 Å². The summed E-state index contributed by atoms with van der Waals surface area (Å²) < 4.78 is 26.6. The van der Waals surface area contributed by atoms with Crippen molar-refractivity contribution in [2.24, 2.45) is 5.41 Å². The van der Waals surface area contributed by atoms with Crippen LogP contribution in [-0.4, -0.2) is 21.3 Å². The Kier molecular flexibility index (Phi) is 5.67. The van der Waals surface area contributed by atoms with Crippen molar-refractivity contribution >= 4 is 10.1 Å². The minimum Gasteiger partial charge on any atom is -0.270 e. The monoisotopic (exact) mass is 222 g/mol. The standard InChI is InChI=1S/C10H22O3S/c1-5-7-10(3,8-6-2)9-13-14(4,11)12/h5-9H2,1-4H3. The second-order valence-corrected chi connectivity index (χ2v) is 5.92. The predicted molar refractivity (Wildman–Crippen MR) is 58.7 cm³/mol. The third-order valence-corrected chi connectivity index (χ3v) is 2.87. The summed E-state index contributed by atoms with van der Waals surface area (Å²) in [5, 5.41) is 0. The van der Waals surface area contributed by atoms with Crippen LogP contribution < -0.4 is 0 Å². The SMILES string of the molecule is CCCC(C)(CCC)COS(C)(=O)=O. The molecule has 0 aliphatic carbocycles. The first-order chi connectivity index (χ1) is 6.33. The van der Waals surface area contributed by atoms with Gasteiger partial charge in [-0.3, -0.25) is 4.18 Å². The van der Waals surface area contributed by atoms with Gasteiger partial charge in [0.15, 0.2) is 0 Å². The first-order valence-corrected chi connectivity index (χ1v) is 6.99. The van der Waals surface area contributed by atoms with Gasteiger partial charge in [0, 0.05) is 0 Å². The van der Waals surface area contributed by atoms with E-state index in [4.69, 9.17) is 4.18 Å². The molecule has 0 amide bonds. The summed E-state index contributed by atoms with van der Waals surface area (Å²) in [6.07, 6.45) is 5.24. The lowest BCUT2D eigenvalue weighted by Crippen LogP contribution is -2.24. The van der Waals surface area contributed by atoms with Crippen LogP contribution in [0.2, 0.25) is 0 Å². The first kappa shape index (κ1) is 13.9. The van der Waals surface area contributed by atoms with Crippen LogP contribution in [0.25, 0.3) is 0 Å². The maximum Gasteiger partial charge on any atom is 0.264 e. The molecule has 0 saturated carbocycles. The van der Waals surface area contributed by atoms with Gasteiger partial charge in [0.25, 0.3) is 10.1 Å². The zero-order chi connectivity index (χ0) is 11.2. The van der Waals surface area contributed by atoms with E-state index in [1.165, 1.54) is 0 Å². The van der Waals surface area contributed by atoms with E-state index in [0.29, 0.717) is 6.61 Å². The molecule has 86 valence electrons. The van der Waals surface area contributed by atoms with Crippen LogP contribution in [0.3, 0.4) is 0 Å². The molecular formula is C10H22O3S. The van der Waals surface area contributed by atoms with Crippen LogP contribution in [0.4, 0.5) is 0 Å². The highest BCUT2D eigenvalue weighted by Crippen LogP contribution is 2.29. The molecule has 0 rings (SSSR count). The van der Waals surface area contributed by atoms with Gasteiger partial charge in [0.1, 0.15) is 0 Å². The van der Waals surface area contributed by atoms with Crippen molar-refractivity contribution in [3.8, 4) is 0 Å². The van der Waals surface area contributed by atoms with Gasteiger partial charge in [-0.15, -0.1) is 0 Å². The molecule has 0 unspecified atom stereocenters. The smallest absolute Gasteiger partial charge is 0.264 e. The molecule has 0 fully saturated rings. The van der Waals surface area contributed by atoms with Crippen LogP contribution >= 0.6 is 0 Å². The van der Waals surface area contributed by atoms with Gasteiger partial charge in [0.2, 0.25) is 0 Å². The van der Waals surface area contributed by atoms with Gasteiger partial charge in [0.05, 0.1) is 12.9 Å². The molecule has 0 radical (unpaired) electrons. The number of hydrogen-bond donors (Lipinski definition) is 0. The molecule has 0 N–H and O–H groups in total. The highest BCUT2D eigenvalue weighted by molar-refractivity contribution is 7.85. The van der Waals surface area contributed by atoms with Crippen molar-refractivity contribution in [3.63, 3.8) is 0 Å². The summed E-state index contributed by atoms with van der Waals surface area (Å²) >= 11 is 0. The molecule has 0 saturated heterocycles. The fourth-order valence-corrected chi connectivity index (χ4v) is 2.22. The van der Waals surface area contributed by atoms with Crippen LogP contribution in [0.15, 0.2) is 0 Å². The Balaban J connectivity index is 4.22. The molecule has 4 heteroatoms. The molecule has 0 aromatic carbocycles. The van der Waals surface area contributed by atoms with Crippen molar-refractivity contribution in [1.82, 2.24) is 0 Å². The molecule has 0 aromatic heterocycles. The highest BCUT2D eigenvalue weighted by Gasteiger charge is 2.24. The second kappa shape index (κ2) is 5.71. The summed E-state index contributed by atoms with van der Waals surface area (Å²) in [5.41, 5.74) is 0.00653. The Morgan fingerprint density at radius 2 is 1.57 bits per heavy atom. The predicted octanol–water partition coefficient (Wildman–Crippen LogP) is 2.57. The van der Waals surface area contributed by atoms with Crippen LogP contribution in [0.1, 0.15) is 46.5 Å². The third kappa shape index (κ3) is 6.38. The van der Waals surface area contributed by atoms with Crippen molar-refractivity contribution in [3.05, 3.63) is 0 Å². The summed E-state index contributed by atoms with van der Waals surface area (Å²) in [7, 11) is -3.29. The fourth-order valence-electron chi connectivity index (χ4n) is 1.73. The lowest BCUT2D eigenvalue weighted by Gasteiger charge is -2.27. The lowest BCUT2D eigenvalue weighted by atomic mass is 9.82. The summed E-state index contributed by atoms with van der Waals surface area (Å²) in [4.78, 5) is 0.